The molecule has 2 heterocycles. The number of carbonyl (C=O) groups excluding carboxylic acids is 1. The van der Waals surface area contributed by atoms with E-state index in [-0.39, 0.29) is 18.1 Å². The third-order valence-electron chi connectivity index (χ3n) is 5.09. The molecule has 2 aromatic carbocycles. The molecule has 2 aromatic heterocycles. The Hall–Kier alpha value is -4.03. The Morgan fingerprint density at radius 3 is 2.59 bits per heavy atom. The Kier molecular flexibility index (Phi) is 7.63. The largest absolute Gasteiger partial charge is 0.497 e. The number of carbonyl (C=O) groups is 1. The predicted octanol–water partition coefficient (Wildman–Crippen LogP) is 4.57. The average molecular weight is 474 g/mol. The molecule has 4 rings (SSSR count). The zero-order chi connectivity index (χ0) is 23.8. The number of nitriles is 1. The summed E-state index contributed by atoms with van der Waals surface area (Å²) in [7, 11) is 1.62. The molecule has 0 fully saturated rings. The molecule has 0 N–H and O–H groups in total. The van der Waals surface area contributed by atoms with Gasteiger partial charge in [0.05, 0.1) is 38.2 Å². The van der Waals surface area contributed by atoms with Crippen LogP contribution in [0.3, 0.4) is 0 Å². The number of thioether (sulfide) groups is 1. The van der Waals surface area contributed by atoms with Gasteiger partial charge in [0, 0.05) is 17.8 Å². The molecule has 4 aromatic rings. The van der Waals surface area contributed by atoms with Gasteiger partial charge >= 0.3 is 0 Å². The SMILES string of the molecule is COc1ccc(-c2nnc(SCC(=O)N(CCC#N)Cc3ccco3)n2-c2ccccc2)cc1. The summed E-state index contributed by atoms with van der Waals surface area (Å²) >= 11 is 1.31. The van der Waals surface area contributed by atoms with Crippen molar-refractivity contribution in [2.24, 2.45) is 0 Å². The maximum atomic E-state index is 13.0. The summed E-state index contributed by atoms with van der Waals surface area (Å²) in [5.41, 5.74) is 1.77. The highest BCUT2D eigenvalue weighted by molar-refractivity contribution is 7.99. The third kappa shape index (κ3) is 5.47. The van der Waals surface area contributed by atoms with Crippen molar-refractivity contribution in [2.45, 2.75) is 18.1 Å². The Labute approximate surface area is 201 Å². The molecule has 0 spiro atoms. The van der Waals surface area contributed by atoms with Crippen molar-refractivity contribution >= 4 is 17.7 Å². The van der Waals surface area contributed by atoms with E-state index >= 15 is 0 Å². The topological polar surface area (TPSA) is 97.2 Å². The van der Waals surface area contributed by atoms with E-state index in [0.717, 1.165) is 17.0 Å². The number of ether oxygens (including phenoxy) is 1. The molecule has 0 atom stereocenters. The number of amides is 1. The van der Waals surface area contributed by atoms with Crippen molar-refractivity contribution in [3.8, 4) is 28.9 Å². The van der Waals surface area contributed by atoms with Gasteiger partial charge in [0.2, 0.25) is 5.91 Å². The Bertz CT molecular complexity index is 1250. The van der Waals surface area contributed by atoms with Gasteiger partial charge in [0.1, 0.15) is 11.5 Å². The minimum absolute atomic E-state index is 0.106. The number of aromatic nitrogens is 3. The summed E-state index contributed by atoms with van der Waals surface area (Å²) in [5, 5.41) is 18.4. The Balaban J connectivity index is 1.57. The van der Waals surface area contributed by atoms with Gasteiger partial charge in [0.15, 0.2) is 11.0 Å². The quantitative estimate of drug-likeness (QED) is 0.311. The van der Waals surface area contributed by atoms with Crippen LogP contribution in [-0.2, 0) is 11.3 Å². The van der Waals surface area contributed by atoms with Gasteiger partial charge in [-0.05, 0) is 48.5 Å². The van der Waals surface area contributed by atoms with Gasteiger partial charge in [0.25, 0.3) is 0 Å². The number of hydrogen-bond acceptors (Lipinski definition) is 7. The Morgan fingerprint density at radius 1 is 1.12 bits per heavy atom. The van der Waals surface area contributed by atoms with Crippen LogP contribution in [0.15, 0.2) is 82.6 Å². The molecule has 0 radical (unpaired) electrons. The lowest BCUT2D eigenvalue weighted by Crippen LogP contribution is -2.32. The smallest absolute Gasteiger partial charge is 0.233 e. The minimum Gasteiger partial charge on any atom is -0.497 e. The van der Waals surface area contributed by atoms with Crippen LogP contribution in [0.2, 0.25) is 0 Å². The molecular weight excluding hydrogens is 450 g/mol. The first kappa shape index (κ1) is 23.1. The first-order chi connectivity index (χ1) is 16.7. The molecular formula is C25H23N5O3S. The zero-order valence-electron chi connectivity index (χ0n) is 18.6. The molecule has 34 heavy (non-hydrogen) atoms. The summed E-state index contributed by atoms with van der Waals surface area (Å²) < 4.78 is 12.6. The summed E-state index contributed by atoms with van der Waals surface area (Å²) in [5.74, 6) is 2.14. The molecule has 0 unspecified atom stereocenters. The van der Waals surface area contributed by atoms with E-state index in [1.807, 2.05) is 65.2 Å². The molecule has 8 nitrogen and oxygen atoms in total. The molecule has 1 amide bonds. The average Bonchev–Trinajstić information content (AvgIpc) is 3.55. The van der Waals surface area contributed by atoms with Crippen molar-refractivity contribution < 1.29 is 13.9 Å². The van der Waals surface area contributed by atoms with E-state index in [0.29, 0.717) is 29.8 Å². The van der Waals surface area contributed by atoms with E-state index in [1.165, 1.54) is 11.8 Å². The van der Waals surface area contributed by atoms with Gasteiger partial charge in [-0.1, -0.05) is 30.0 Å². The standard InChI is InChI=1S/C25H23N5O3S/c1-32-21-12-10-19(11-13-21)24-27-28-25(30(24)20-7-3-2-4-8-20)34-18-23(31)29(15-6-14-26)17-22-9-5-16-33-22/h2-5,7-13,16H,6,15,17-18H2,1H3. The predicted molar refractivity (Wildman–Crippen MR) is 128 cm³/mol. The second-order valence-electron chi connectivity index (χ2n) is 7.30. The highest BCUT2D eigenvalue weighted by Crippen LogP contribution is 2.29. The number of furan rings is 1. The lowest BCUT2D eigenvalue weighted by Gasteiger charge is -2.20. The molecule has 0 aliphatic carbocycles. The van der Waals surface area contributed by atoms with Gasteiger partial charge < -0.3 is 14.1 Å². The summed E-state index contributed by atoms with van der Waals surface area (Å²) in [4.78, 5) is 14.7. The third-order valence-corrected chi connectivity index (χ3v) is 6.01. The van der Waals surface area contributed by atoms with Crippen LogP contribution in [-0.4, -0.2) is 45.0 Å². The van der Waals surface area contributed by atoms with Gasteiger partial charge in [-0.15, -0.1) is 10.2 Å². The highest BCUT2D eigenvalue weighted by atomic mass is 32.2. The number of hydrogen-bond donors (Lipinski definition) is 0. The molecule has 0 saturated heterocycles. The van der Waals surface area contributed by atoms with Crippen LogP contribution in [0.25, 0.3) is 17.1 Å². The van der Waals surface area contributed by atoms with Crippen LogP contribution in [0.5, 0.6) is 5.75 Å². The molecule has 0 bridgehead atoms. The fourth-order valence-corrected chi connectivity index (χ4v) is 4.24. The minimum atomic E-state index is -0.106. The number of para-hydroxylation sites is 1. The highest BCUT2D eigenvalue weighted by Gasteiger charge is 2.20. The molecule has 0 aliphatic rings. The van der Waals surface area contributed by atoms with E-state index in [9.17, 15) is 4.79 Å². The van der Waals surface area contributed by atoms with E-state index in [2.05, 4.69) is 16.3 Å². The van der Waals surface area contributed by atoms with Crippen LogP contribution in [0.4, 0.5) is 0 Å². The lowest BCUT2D eigenvalue weighted by atomic mass is 10.2. The maximum absolute atomic E-state index is 13.0. The van der Waals surface area contributed by atoms with Crippen LogP contribution in [0.1, 0.15) is 12.2 Å². The van der Waals surface area contributed by atoms with Crippen molar-refractivity contribution in [1.29, 1.82) is 5.26 Å². The number of rotatable bonds is 10. The fraction of sp³-hybridized carbons (Fsp3) is 0.200. The van der Waals surface area contributed by atoms with E-state index in [4.69, 9.17) is 14.4 Å². The maximum Gasteiger partial charge on any atom is 0.233 e. The van der Waals surface area contributed by atoms with Gasteiger partial charge in [-0.2, -0.15) is 5.26 Å². The van der Waals surface area contributed by atoms with Crippen LogP contribution in [0, 0.1) is 11.3 Å². The number of methoxy groups -OCH3 is 1. The summed E-state index contributed by atoms with van der Waals surface area (Å²) in [6.45, 7) is 0.648. The second kappa shape index (κ2) is 11.2. The van der Waals surface area contributed by atoms with Gasteiger partial charge in [-0.25, -0.2) is 0 Å². The number of benzene rings is 2. The normalized spacial score (nSPS) is 10.6. The first-order valence-electron chi connectivity index (χ1n) is 10.6. The first-order valence-corrected chi connectivity index (χ1v) is 11.6. The summed E-state index contributed by atoms with van der Waals surface area (Å²) in [6.07, 6.45) is 1.82. The van der Waals surface area contributed by atoms with Crippen molar-refractivity contribution in [2.75, 3.05) is 19.4 Å². The monoisotopic (exact) mass is 473 g/mol. The molecule has 172 valence electrons. The molecule has 9 heteroatoms. The van der Waals surface area contributed by atoms with Crippen molar-refractivity contribution in [1.82, 2.24) is 19.7 Å². The zero-order valence-corrected chi connectivity index (χ0v) is 19.4. The second-order valence-corrected chi connectivity index (χ2v) is 8.24. The van der Waals surface area contributed by atoms with Gasteiger partial charge in [-0.3, -0.25) is 9.36 Å². The Morgan fingerprint density at radius 2 is 1.91 bits per heavy atom. The molecule has 0 saturated carbocycles. The number of nitrogens with zero attached hydrogens (tertiary/aromatic N) is 5. The lowest BCUT2D eigenvalue weighted by molar-refractivity contribution is -0.129. The molecule has 0 aliphatic heterocycles. The van der Waals surface area contributed by atoms with Crippen molar-refractivity contribution in [3.05, 3.63) is 78.8 Å². The van der Waals surface area contributed by atoms with E-state index in [1.54, 1.807) is 24.3 Å². The van der Waals surface area contributed by atoms with Crippen molar-refractivity contribution in [3.63, 3.8) is 0 Å². The fourth-order valence-electron chi connectivity index (χ4n) is 3.39. The van der Waals surface area contributed by atoms with Crippen LogP contribution < -0.4 is 4.74 Å². The van der Waals surface area contributed by atoms with E-state index < -0.39 is 0 Å². The summed E-state index contributed by atoms with van der Waals surface area (Å²) in [6, 6.07) is 23.1. The van der Waals surface area contributed by atoms with Crippen LogP contribution >= 0.6 is 11.8 Å².